The summed E-state index contributed by atoms with van der Waals surface area (Å²) >= 11 is 6.48. The van der Waals surface area contributed by atoms with Gasteiger partial charge in [0, 0.05) is 32.7 Å². The number of hydrogen-bond donors (Lipinski definition) is 3. The summed E-state index contributed by atoms with van der Waals surface area (Å²) in [6.45, 7) is 5.20. The van der Waals surface area contributed by atoms with Gasteiger partial charge in [0.2, 0.25) is 5.95 Å². The van der Waals surface area contributed by atoms with Gasteiger partial charge < -0.3 is 25.5 Å². The number of aromatic nitrogens is 6. The van der Waals surface area contributed by atoms with E-state index in [0.29, 0.717) is 54.0 Å². The van der Waals surface area contributed by atoms with Gasteiger partial charge in [-0.1, -0.05) is 16.8 Å². The molecule has 2 fully saturated rings. The van der Waals surface area contributed by atoms with Gasteiger partial charge in [-0.25, -0.2) is 14.8 Å². The number of hydrogen-bond acceptors (Lipinski definition) is 9. The maximum absolute atomic E-state index is 11.5. The molecule has 0 aromatic carbocycles. The number of nitrogens with zero attached hydrogens (tertiary/aromatic N) is 8. The summed E-state index contributed by atoms with van der Waals surface area (Å²) in [4.78, 5) is 28.8. The Morgan fingerprint density at radius 3 is 2.66 bits per heavy atom. The van der Waals surface area contributed by atoms with Crippen molar-refractivity contribution in [3.8, 4) is 0 Å². The third-order valence-electron chi connectivity index (χ3n) is 6.24. The van der Waals surface area contributed by atoms with E-state index in [2.05, 4.69) is 35.8 Å². The summed E-state index contributed by atoms with van der Waals surface area (Å²) in [5.41, 5.74) is 2.61. The van der Waals surface area contributed by atoms with Crippen LogP contribution in [0.25, 0.3) is 0 Å². The highest BCUT2D eigenvalue weighted by molar-refractivity contribution is 6.32. The second-order valence-electron chi connectivity index (χ2n) is 9.00. The molecule has 1 saturated heterocycles. The lowest BCUT2D eigenvalue weighted by atomic mass is 10.1. The van der Waals surface area contributed by atoms with Crippen molar-refractivity contribution < 1.29 is 9.90 Å². The molecule has 1 aliphatic carbocycles. The minimum atomic E-state index is -0.915. The number of rotatable bonds is 6. The monoisotopic (exact) mass is 498 g/mol. The Labute approximate surface area is 207 Å². The molecular formula is C22H27ClN10O2. The van der Waals surface area contributed by atoms with Gasteiger partial charge in [-0.15, -0.1) is 5.10 Å². The van der Waals surface area contributed by atoms with Crippen LogP contribution in [0.5, 0.6) is 0 Å². The van der Waals surface area contributed by atoms with Crippen molar-refractivity contribution in [1.82, 2.24) is 34.8 Å². The van der Waals surface area contributed by atoms with Gasteiger partial charge in [0.15, 0.2) is 11.6 Å². The highest BCUT2D eigenvalue weighted by Gasteiger charge is 2.30. The molecular weight excluding hydrogens is 472 g/mol. The number of pyridine rings is 1. The Kier molecular flexibility index (Phi) is 6.05. The maximum atomic E-state index is 11.5. The van der Waals surface area contributed by atoms with Crippen LogP contribution in [0.1, 0.15) is 36.9 Å². The number of aryl methyl sites for hydroxylation is 2. The number of nitrogens with one attached hydrogen (secondary N) is 2. The van der Waals surface area contributed by atoms with Gasteiger partial charge in [0.1, 0.15) is 5.82 Å². The third-order valence-corrected chi connectivity index (χ3v) is 6.73. The summed E-state index contributed by atoms with van der Waals surface area (Å²) < 4.78 is 1.59. The van der Waals surface area contributed by atoms with Crippen LogP contribution in [0.2, 0.25) is 5.02 Å². The number of anilines is 5. The van der Waals surface area contributed by atoms with Gasteiger partial charge in [-0.3, -0.25) is 4.68 Å². The van der Waals surface area contributed by atoms with Crippen LogP contribution in [0, 0.1) is 6.92 Å². The van der Waals surface area contributed by atoms with E-state index in [4.69, 9.17) is 16.6 Å². The molecule has 3 N–H and O–H groups in total. The first-order valence-electron chi connectivity index (χ1n) is 11.5. The molecule has 2 aliphatic rings. The molecule has 0 spiro atoms. The van der Waals surface area contributed by atoms with E-state index >= 15 is 0 Å². The quantitative estimate of drug-likeness (QED) is 0.462. The lowest BCUT2D eigenvalue weighted by molar-refractivity contribution is 0.123. The molecule has 1 saturated carbocycles. The molecule has 3 aromatic heterocycles. The Bertz CT molecular complexity index is 1260. The van der Waals surface area contributed by atoms with Crippen LogP contribution in [-0.4, -0.2) is 71.7 Å². The van der Waals surface area contributed by atoms with E-state index < -0.39 is 6.09 Å². The van der Waals surface area contributed by atoms with Crippen molar-refractivity contribution >= 4 is 46.8 Å². The standard InChI is InChI=1S/C22H27ClN10O2/c1-12-10-32(6-7-33(12)22(34)35)16-9-24-21(28-20(16)26-18-11-31(3)30-29-18)27-17-8-15(14-4-5-14)19(23)13(2)25-17/h8-9,11-12,14H,4-7,10H2,1-3H3,(H,34,35)(H2,24,25,26,27,28). The highest BCUT2D eigenvalue weighted by atomic mass is 35.5. The van der Waals surface area contributed by atoms with E-state index in [0.717, 1.165) is 29.8 Å². The predicted molar refractivity (Wildman–Crippen MR) is 132 cm³/mol. The molecule has 5 rings (SSSR count). The minimum absolute atomic E-state index is 0.175. The second-order valence-corrected chi connectivity index (χ2v) is 9.37. The lowest BCUT2D eigenvalue weighted by Gasteiger charge is -2.39. The minimum Gasteiger partial charge on any atom is -0.465 e. The predicted octanol–water partition coefficient (Wildman–Crippen LogP) is 3.52. The first-order chi connectivity index (χ1) is 16.8. The number of carboxylic acid groups (broad SMARTS) is 1. The van der Waals surface area contributed by atoms with Crippen LogP contribution >= 0.6 is 11.6 Å². The van der Waals surface area contributed by atoms with Gasteiger partial charge in [-0.05, 0) is 44.2 Å². The molecule has 1 aliphatic heterocycles. The van der Waals surface area contributed by atoms with Crippen molar-refractivity contribution in [1.29, 1.82) is 0 Å². The van der Waals surface area contributed by atoms with Gasteiger partial charge in [0.05, 0.1) is 28.8 Å². The molecule has 0 radical (unpaired) electrons. The zero-order valence-electron chi connectivity index (χ0n) is 19.7. The largest absolute Gasteiger partial charge is 0.465 e. The Balaban J connectivity index is 1.44. The number of halogens is 1. The van der Waals surface area contributed by atoms with E-state index in [1.54, 1.807) is 24.1 Å². The maximum Gasteiger partial charge on any atom is 0.407 e. The normalized spacial score (nSPS) is 18.0. The van der Waals surface area contributed by atoms with Gasteiger partial charge >= 0.3 is 6.09 Å². The van der Waals surface area contributed by atoms with E-state index in [1.807, 2.05) is 19.9 Å². The molecule has 35 heavy (non-hydrogen) atoms. The Hall–Kier alpha value is -3.67. The van der Waals surface area contributed by atoms with Gasteiger partial charge in [0.25, 0.3) is 0 Å². The second kappa shape index (κ2) is 9.17. The fourth-order valence-electron chi connectivity index (χ4n) is 4.30. The van der Waals surface area contributed by atoms with Crippen molar-refractivity contribution in [2.45, 2.75) is 38.6 Å². The first kappa shape index (κ1) is 23.1. The van der Waals surface area contributed by atoms with E-state index in [1.165, 1.54) is 4.90 Å². The number of amides is 1. The molecule has 12 nitrogen and oxygen atoms in total. The van der Waals surface area contributed by atoms with Crippen LogP contribution in [0.15, 0.2) is 18.5 Å². The number of piperazine rings is 1. The molecule has 3 aromatic rings. The smallest absolute Gasteiger partial charge is 0.407 e. The van der Waals surface area contributed by atoms with Crippen LogP contribution in [0.3, 0.4) is 0 Å². The molecule has 184 valence electrons. The van der Waals surface area contributed by atoms with Gasteiger partial charge in [-0.2, -0.15) is 4.98 Å². The van der Waals surface area contributed by atoms with Crippen LogP contribution in [-0.2, 0) is 7.05 Å². The summed E-state index contributed by atoms with van der Waals surface area (Å²) in [7, 11) is 1.78. The highest BCUT2D eigenvalue weighted by Crippen LogP contribution is 2.44. The van der Waals surface area contributed by atoms with Crippen LogP contribution in [0.4, 0.5) is 33.9 Å². The fraction of sp³-hybridized carbons (Fsp3) is 0.455. The summed E-state index contributed by atoms with van der Waals surface area (Å²) in [6.07, 6.45) is 4.82. The van der Waals surface area contributed by atoms with E-state index in [-0.39, 0.29) is 6.04 Å². The number of carbonyl (C=O) groups is 1. The zero-order chi connectivity index (χ0) is 24.7. The molecule has 1 atom stereocenters. The van der Waals surface area contributed by atoms with E-state index in [9.17, 15) is 9.90 Å². The summed E-state index contributed by atoms with van der Waals surface area (Å²) in [5.74, 6) is 2.55. The average molecular weight is 499 g/mol. The lowest BCUT2D eigenvalue weighted by Crippen LogP contribution is -2.53. The summed E-state index contributed by atoms with van der Waals surface area (Å²) in [5, 5.41) is 24.7. The Morgan fingerprint density at radius 1 is 1.20 bits per heavy atom. The zero-order valence-corrected chi connectivity index (χ0v) is 20.5. The van der Waals surface area contributed by atoms with Crippen LogP contribution < -0.4 is 15.5 Å². The molecule has 4 heterocycles. The third kappa shape index (κ3) is 4.92. The first-order valence-corrected chi connectivity index (χ1v) is 11.8. The summed E-state index contributed by atoms with van der Waals surface area (Å²) in [6, 6.07) is 1.79. The SMILES string of the molecule is Cc1nc(Nc2ncc(N3CCN(C(=O)O)C(C)C3)c(Nc3cn(C)nn3)n2)cc(C2CC2)c1Cl. The van der Waals surface area contributed by atoms with Crippen molar-refractivity contribution in [3.05, 3.63) is 34.7 Å². The van der Waals surface area contributed by atoms with Crippen molar-refractivity contribution in [2.24, 2.45) is 7.05 Å². The average Bonchev–Trinajstić information content (AvgIpc) is 3.57. The molecule has 1 amide bonds. The van der Waals surface area contributed by atoms with Crippen molar-refractivity contribution in [2.75, 3.05) is 35.2 Å². The molecule has 0 bridgehead atoms. The fourth-order valence-corrected chi connectivity index (χ4v) is 4.55. The molecule has 1 unspecified atom stereocenters. The Morgan fingerprint density at radius 2 is 2.00 bits per heavy atom. The topological polar surface area (TPSA) is 137 Å². The molecule has 13 heteroatoms. The van der Waals surface area contributed by atoms with Crippen molar-refractivity contribution in [3.63, 3.8) is 0 Å².